The summed E-state index contributed by atoms with van der Waals surface area (Å²) in [6.07, 6.45) is 0.215. The van der Waals surface area contributed by atoms with Crippen LogP contribution in [0.15, 0.2) is 42.5 Å². The Morgan fingerprint density at radius 2 is 1.94 bits per heavy atom. The normalized spacial score (nSPS) is 16.9. The molecule has 0 bridgehead atoms. The van der Waals surface area contributed by atoms with Crippen LogP contribution in [0.25, 0.3) is 0 Å². The number of para-hydroxylation sites is 2. The maximum absolute atomic E-state index is 13.2. The summed E-state index contributed by atoms with van der Waals surface area (Å²) in [6, 6.07) is 12.3. The third-order valence-electron chi connectivity index (χ3n) is 5.69. The lowest BCUT2D eigenvalue weighted by Gasteiger charge is -2.31. The molecule has 0 fully saturated rings. The molecule has 0 aliphatic carbocycles. The minimum absolute atomic E-state index is 0.0499. The lowest BCUT2D eigenvalue weighted by Crippen LogP contribution is -2.48. The van der Waals surface area contributed by atoms with E-state index in [1.165, 1.54) is 0 Å². The molecule has 7 heteroatoms. The number of rotatable bonds is 5. The van der Waals surface area contributed by atoms with Crippen molar-refractivity contribution < 1.29 is 14.4 Å². The van der Waals surface area contributed by atoms with E-state index >= 15 is 0 Å². The average Bonchev–Trinajstić information content (AvgIpc) is 2.83. The van der Waals surface area contributed by atoms with Crippen molar-refractivity contribution in [2.24, 2.45) is 0 Å². The number of carbonyl (C=O) groups is 3. The number of nitrogens with one attached hydrogen (secondary N) is 2. The number of anilines is 3. The van der Waals surface area contributed by atoms with Crippen LogP contribution in [0.5, 0.6) is 0 Å². The molecule has 164 valence electrons. The summed E-state index contributed by atoms with van der Waals surface area (Å²) in [5.41, 5.74) is 4.18. The Morgan fingerprint density at radius 3 is 2.65 bits per heavy atom. The van der Waals surface area contributed by atoms with Crippen LogP contribution in [0.2, 0.25) is 0 Å². The lowest BCUT2D eigenvalue weighted by atomic mass is 10.1. The molecule has 7 nitrogen and oxygen atoms in total. The maximum Gasteiger partial charge on any atom is 0.241 e. The van der Waals surface area contributed by atoms with E-state index in [0.717, 1.165) is 16.8 Å². The molecule has 2 aromatic rings. The van der Waals surface area contributed by atoms with Gasteiger partial charge in [-0.25, -0.2) is 0 Å². The first-order chi connectivity index (χ1) is 14.7. The maximum atomic E-state index is 13.2. The fraction of sp³-hybridized carbons (Fsp3) is 0.375. The second-order valence-corrected chi connectivity index (χ2v) is 8.28. The number of fused-ring (bicyclic) bond motifs is 1. The van der Waals surface area contributed by atoms with Crippen LogP contribution in [-0.4, -0.2) is 48.3 Å². The van der Waals surface area contributed by atoms with Crippen molar-refractivity contribution in [2.75, 3.05) is 29.1 Å². The molecule has 0 saturated carbocycles. The van der Waals surface area contributed by atoms with E-state index < -0.39 is 6.04 Å². The Balaban J connectivity index is 1.71. The number of amides is 3. The van der Waals surface area contributed by atoms with Crippen LogP contribution in [-0.2, 0) is 14.4 Å². The highest BCUT2D eigenvalue weighted by Crippen LogP contribution is 2.31. The van der Waals surface area contributed by atoms with Crippen molar-refractivity contribution in [1.82, 2.24) is 4.90 Å². The Kier molecular flexibility index (Phi) is 6.75. The first kappa shape index (κ1) is 22.5. The topological polar surface area (TPSA) is 81.8 Å². The SMILES string of the molecule is Cc1ccc(NC(=O)[C@@H](C)N(C)CC(=O)N2c3ccccc3NC(=O)C[C@H]2C)c(C)c1. The summed E-state index contributed by atoms with van der Waals surface area (Å²) in [4.78, 5) is 41.5. The van der Waals surface area contributed by atoms with Crippen LogP contribution >= 0.6 is 0 Å². The average molecular weight is 423 g/mol. The second-order valence-electron chi connectivity index (χ2n) is 8.28. The predicted octanol–water partition coefficient (Wildman–Crippen LogP) is 3.33. The molecular formula is C24H30N4O3. The summed E-state index contributed by atoms with van der Waals surface area (Å²) in [5.74, 6) is -0.460. The fourth-order valence-corrected chi connectivity index (χ4v) is 3.79. The molecule has 0 spiro atoms. The van der Waals surface area contributed by atoms with Gasteiger partial charge in [0.05, 0.1) is 24.0 Å². The van der Waals surface area contributed by atoms with Crippen LogP contribution in [0.4, 0.5) is 17.1 Å². The van der Waals surface area contributed by atoms with Gasteiger partial charge >= 0.3 is 0 Å². The molecule has 1 aliphatic rings. The van der Waals surface area contributed by atoms with Crippen LogP contribution in [0.1, 0.15) is 31.4 Å². The molecule has 1 heterocycles. The number of likely N-dealkylation sites (N-methyl/N-ethyl adjacent to an activating group) is 1. The number of hydrogen-bond acceptors (Lipinski definition) is 4. The summed E-state index contributed by atoms with van der Waals surface area (Å²) >= 11 is 0. The summed E-state index contributed by atoms with van der Waals surface area (Å²) in [5, 5.41) is 5.81. The Labute approximate surface area is 183 Å². The van der Waals surface area contributed by atoms with E-state index in [2.05, 4.69) is 10.6 Å². The summed E-state index contributed by atoms with van der Waals surface area (Å²) < 4.78 is 0. The summed E-state index contributed by atoms with van der Waals surface area (Å²) in [6.45, 7) is 7.64. The van der Waals surface area contributed by atoms with Gasteiger partial charge in [-0.05, 0) is 58.5 Å². The fourth-order valence-electron chi connectivity index (χ4n) is 3.79. The van der Waals surface area contributed by atoms with Gasteiger partial charge in [-0.1, -0.05) is 29.8 Å². The quantitative estimate of drug-likeness (QED) is 0.774. The minimum Gasteiger partial charge on any atom is -0.324 e. The van der Waals surface area contributed by atoms with Gasteiger partial charge in [-0.15, -0.1) is 0 Å². The zero-order valence-electron chi connectivity index (χ0n) is 18.7. The number of nitrogens with zero attached hydrogens (tertiary/aromatic N) is 2. The molecular weight excluding hydrogens is 392 g/mol. The van der Waals surface area contributed by atoms with Gasteiger partial charge in [-0.2, -0.15) is 0 Å². The molecule has 31 heavy (non-hydrogen) atoms. The van der Waals surface area contributed by atoms with Crippen molar-refractivity contribution in [1.29, 1.82) is 0 Å². The Hall–Kier alpha value is -3.19. The van der Waals surface area contributed by atoms with Gasteiger partial charge in [0.15, 0.2) is 0 Å². The molecule has 0 unspecified atom stereocenters. The zero-order chi connectivity index (χ0) is 22.7. The third-order valence-corrected chi connectivity index (χ3v) is 5.69. The van der Waals surface area contributed by atoms with Gasteiger partial charge in [0.25, 0.3) is 0 Å². The van der Waals surface area contributed by atoms with E-state index in [1.54, 1.807) is 29.8 Å². The highest BCUT2D eigenvalue weighted by atomic mass is 16.2. The van der Waals surface area contributed by atoms with E-state index in [9.17, 15) is 14.4 Å². The number of carbonyl (C=O) groups excluding carboxylic acids is 3. The molecule has 0 radical (unpaired) electrons. The first-order valence-corrected chi connectivity index (χ1v) is 10.5. The smallest absolute Gasteiger partial charge is 0.241 e. The second kappa shape index (κ2) is 9.31. The molecule has 2 atom stereocenters. The monoisotopic (exact) mass is 422 g/mol. The van der Waals surface area contributed by atoms with Crippen LogP contribution in [0, 0.1) is 13.8 Å². The molecule has 3 rings (SSSR count). The first-order valence-electron chi connectivity index (χ1n) is 10.5. The van der Waals surface area contributed by atoms with Crippen molar-refractivity contribution in [2.45, 2.75) is 46.2 Å². The molecule has 0 saturated heterocycles. The van der Waals surface area contributed by atoms with Gasteiger partial charge in [0.2, 0.25) is 17.7 Å². The van der Waals surface area contributed by atoms with E-state index in [0.29, 0.717) is 11.4 Å². The molecule has 2 N–H and O–H groups in total. The number of benzene rings is 2. The van der Waals surface area contributed by atoms with E-state index in [1.807, 2.05) is 57.2 Å². The van der Waals surface area contributed by atoms with Crippen LogP contribution < -0.4 is 15.5 Å². The van der Waals surface area contributed by atoms with Crippen molar-refractivity contribution in [3.63, 3.8) is 0 Å². The predicted molar refractivity (Wildman–Crippen MR) is 123 cm³/mol. The van der Waals surface area contributed by atoms with E-state index in [-0.39, 0.29) is 36.7 Å². The standard InChI is InChI=1S/C24H30N4O3/c1-15-10-11-19(16(2)12-15)26-24(31)18(4)27(5)14-23(30)28-17(3)13-22(29)25-20-8-6-7-9-21(20)28/h6-12,17-18H,13-14H2,1-5H3,(H,25,29)(H,26,31)/t17-,18-/m1/s1. The largest absolute Gasteiger partial charge is 0.324 e. The molecule has 2 aromatic carbocycles. The van der Waals surface area contributed by atoms with Gasteiger partial charge in [0.1, 0.15) is 0 Å². The van der Waals surface area contributed by atoms with Gasteiger partial charge in [0, 0.05) is 18.2 Å². The zero-order valence-corrected chi connectivity index (χ0v) is 18.7. The van der Waals surface area contributed by atoms with Gasteiger partial charge < -0.3 is 15.5 Å². The number of hydrogen-bond donors (Lipinski definition) is 2. The van der Waals surface area contributed by atoms with Gasteiger partial charge in [-0.3, -0.25) is 19.3 Å². The highest BCUT2D eigenvalue weighted by molar-refractivity contribution is 6.05. The lowest BCUT2D eigenvalue weighted by molar-refractivity contribution is -0.123. The van der Waals surface area contributed by atoms with Crippen molar-refractivity contribution >= 4 is 34.8 Å². The van der Waals surface area contributed by atoms with Crippen LogP contribution in [0.3, 0.4) is 0 Å². The van der Waals surface area contributed by atoms with Crippen molar-refractivity contribution in [3.05, 3.63) is 53.6 Å². The molecule has 3 amide bonds. The van der Waals surface area contributed by atoms with E-state index in [4.69, 9.17) is 0 Å². The number of aryl methyl sites for hydroxylation is 2. The Morgan fingerprint density at radius 1 is 1.23 bits per heavy atom. The van der Waals surface area contributed by atoms with Crippen molar-refractivity contribution in [3.8, 4) is 0 Å². The third kappa shape index (κ3) is 5.11. The molecule has 0 aromatic heterocycles. The highest BCUT2D eigenvalue weighted by Gasteiger charge is 2.31. The molecule has 1 aliphatic heterocycles. The summed E-state index contributed by atoms with van der Waals surface area (Å²) in [7, 11) is 1.75. The Bertz CT molecular complexity index is 1000. The minimum atomic E-state index is -0.512.